The lowest BCUT2D eigenvalue weighted by atomic mass is 10.1. The molecule has 1 fully saturated rings. The van der Waals surface area contributed by atoms with Gasteiger partial charge in [-0.3, -0.25) is 9.78 Å². The number of carbonyl (C=O) groups is 1. The number of nitrogens with zero attached hydrogens (tertiary/aromatic N) is 2. The van der Waals surface area contributed by atoms with Gasteiger partial charge in [-0.05, 0) is 50.5 Å². The van der Waals surface area contributed by atoms with Gasteiger partial charge in [-0.1, -0.05) is 6.07 Å². The number of fused-ring (bicyclic) bond motifs is 1. The van der Waals surface area contributed by atoms with Crippen molar-refractivity contribution in [2.45, 2.75) is 43.7 Å². The fourth-order valence-corrected chi connectivity index (χ4v) is 4.97. The average Bonchev–Trinajstić information content (AvgIpc) is 3.39. The molecule has 7 heteroatoms. The summed E-state index contributed by atoms with van der Waals surface area (Å²) < 4.78 is 32.6. The van der Waals surface area contributed by atoms with Crippen molar-refractivity contribution in [2.24, 2.45) is 0 Å². The maximum Gasteiger partial charge on any atom is 0.323 e. The van der Waals surface area contributed by atoms with Gasteiger partial charge in [0.1, 0.15) is 6.04 Å². The van der Waals surface area contributed by atoms with Crippen LogP contribution < -0.4 is 0 Å². The molecule has 24 heavy (non-hydrogen) atoms. The molecule has 1 aromatic heterocycles. The van der Waals surface area contributed by atoms with E-state index in [1.807, 2.05) is 6.92 Å². The molecule has 1 heterocycles. The number of sulfonamides is 1. The van der Waals surface area contributed by atoms with Crippen molar-refractivity contribution in [3.8, 4) is 0 Å². The van der Waals surface area contributed by atoms with Gasteiger partial charge in [0.05, 0.1) is 17.5 Å². The first kappa shape index (κ1) is 16.9. The van der Waals surface area contributed by atoms with Crippen molar-refractivity contribution < 1.29 is 17.9 Å². The second kappa shape index (κ2) is 6.14. The minimum absolute atomic E-state index is 0.155. The van der Waals surface area contributed by atoms with E-state index in [0.717, 1.165) is 18.4 Å². The molecule has 0 spiro atoms. The minimum Gasteiger partial charge on any atom is -0.468 e. The predicted molar refractivity (Wildman–Crippen MR) is 90.0 cm³/mol. The van der Waals surface area contributed by atoms with E-state index < -0.39 is 22.0 Å². The molecule has 1 aliphatic carbocycles. The van der Waals surface area contributed by atoms with Crippen LogP contribution in [0.4, 0.5) is 0 Å². The summed E-state index contributed by atoms with van der Waals surface area (Å²) in [6.45, 7) is 3.46. The Morgan fingerprint density at radius 1 is 1.33 bits per heavy atom. The van der Waals surface area contributed by atoms with Crippen LogP contribution in [0.1, 0.15) is 25.3 Å². The van der Waals surface area contributed by atoms with Crippen molar-refractivity contribution in [2.75, 3.05) is 7.11 Å². The average molecular weight is 348 g/mol. The molecule has 0 aliphatic heterocycles. The Hall–Kier alpha value is -1.99. The standard InChI is InChI=1S/C17H20N2O4S/c1-11-6-9-15(14-5-4-10-18-16(11)14)24(21,22)19(13-7-8-13)12(2)17(20)23-3/h4-6,9-10,12-13H,7-8H2,1-3H3/t12-/m1/s1. The number of carbonyl (C=O) groups excluding carboxylic acids is 1. The summed E-state index contributed by atoms with van der Waals surface area (Å²) in [7, 11) is -2.58. The third-order valence-electron chi connectivity index (χ3n) is 4.32. The lowest BCUT2D eigenvalue weighted by Crippen LogP contribution is -2.45. The summed E-state index contributed by atoms with van der Waals surface area (Å²) in [6, 6.07) is 5.78. The molecular weight excluding hydrogens is 328 g/mol. The first-order valence-electron chi connectivity index (χ1n) is 7.83. The number of methoxy groups -OCH3 is 1. The molecular formula is C17H20N2O4S. The van der Waals surface area contributed by atoms with E-state index in [-0.39, 0.29) is 10.9 Å². The van der Waals surface area contributed by atoms with Gasteiger partial charge in [0.15, 0.2) is 0 Å². The van der Waals surface area contributed by atoms with Crippen LogP contribution in [0.5, 0.6) is 0 Å². The predicted octanol–water partition coefficient (Wildman–Crippen LogP) is 2.26. The molecule has 0 bridgehead atoms. The molecule has 0 N–H and O–H groups in total. The molecule has 1 aliphatic rings. The molecule has 128 valence electrons. The lowest BCUT2D eigenvalue weighted by molar-refractivity contribution is -0.144. The van der Waals surface area contributed by atoms with Crippen molar-refractivity contribution in [3.63, 3.8) is 0 Å². The number of esters is 1. The van der Waals surface area contributed by atoms with Crippen LogP contribution >= 0.6 is 0 Å². The Labute approximate surface area is 141 Å². The normalized spacial score (nSPS) is 16.3. The zero-order chi connectivity index (χ0) is 17.5. The summed E-state index contributed by atoms with van der Waals surface area (Å²) in [5.41, 5.74) is 1.56. The SMILES string of the molecule is COC(=O)[C@@H](C)N(C1CC1)S(=O)(=O)c1ccc(C)c2ncccc12. The zero-order valence-electron chi connectivity index (χ0n) is 13.9. The van der Waals surface area contributed by atoms with E-state index in [4.69, 9.17) is 4.74 Å². The van der Waals surface area contributed by atoms with Gasteiger partial charge in [0.2, 0.25) is 10.0 Å². The smallest absolute Gasteiger partial charge is 0.323 e. The van der Waals surface area contributed by atoms with Gasteiger partial charge in [-0.15, -0.1) is 0 Å². The number of hydrogen-bond donors (Lipinski definition) is 0. The largest absolute Gasteiger partial charge is 0.468 e. The number of rotatable bonds is 5. The Balaban J connectivity index is 2.16. The first-order chi connectivity index (χ1) is 11.4. The van der Waals surface area contributed by atoms with E-state index in [1.54, 1.807) is 37.4 Å². The zero-order valence-corrected chi connectivity index (χ0v) is 14.7. The summed E-state index contributed by atoms with van der Waals surface area (Å²) in [6.07, 6.45) is 3.15. The quantitative estimate of drug-likeness (QED) is 0.775. The second-order valence-corrected chi connectivity index (χ2v) is 7.86. The number of aromatic nitrogens is 1. The van der Waals surface area contributed by atoms with E-state index in [2.05, 4.69) is 4.98 Å². The molecule has 1 aromatic carbocycles. The van der Waals surface area contributed by atoms with Gasteiger partial charge in [-0.2, -0.15) is 4.31 Å². The molecule has 0 saturated heterocycles. The molecule has 0 radical (unpaired) electrons. The van der Waals surface area contributed by atoms with Crippen LogP contribution in [0.25, 0.3) is 10.9 Å². The van der Waals surface area contributed by atoms with Gasteiger partial charge in [0, 0.05) is 17.6 Å². The van der Waals surface area contributed by atoms with Crippen LogP contribution in [-0.2, 0) is 19.6 Å². The maximum absolute atomic E-state index is 13.3. The van der Waals surface area contributed by atoms with E-state index in [9.17, 15) is 13.2 Å². The fraction of sp³-hybridized carbons (Fsp3) is 0.412. The summed E-state index contributed by atoms with van der Waals surface area (Å²) in [4.78, 5) is 16.4. The first-order valence-corrected chi connectivity index (χ1v) is 9.27. The highest BCUT2D eigenvalue weighted by Gasteiger charge is 2.44. The highest BCUT2D eigenvalue weighted by molar-refractivity contribution is 7.89. The van der Waals surface area contributed by atoms with Crippen molar-refractivity contribution >= 4 is 26.9 Å². The molecule has 1 saturated carbocycles. The highest BCUT2D eigenvalue weighted by Crippen LogP contribution is 2.36. The minimum atomic E-state index is -3.84. The summed E-state index contributed by atoms with van der Waals surface area (Å²) in [5.74, 6) is -0.556. The molecule has 1 atom stereocenters. The number of benzene rings is 1. The molecule has 3 rings (SSSR count). The summed E-state index contributed by atoms with van der Waals surface area (Å²) in [5, 5.41) is 0.570. The third-order valence-corrected chi connectivity index (χ3v) is 6.40. The summed E-state index contributed by atoms with van der Waals surface area (Å²) >= 11 is 0. The second-order valence-electron chi connectivity index (χ2n) is 6.05. The number of hydrogen-bond acceptors (Lipinski definition) is 5. The van der Waals surface area contributed by atoms with Gasteiger partial charge in [-0.25, -0.2) is 8.42 Å². The van der Waals surface area contributed by atoms with Crippen molar-refractivity contribution in [3.05, 3.63) is 36.0 Å². The maximum atomic E-state index is 13.3. The molecule has 0 amide bonds. The topological polar surface area (TPSA) is 76.6 Å². The van der Waals surface area contributed by atoms with E-state index in [1.165, 1.54) is 11.4 Å². The Bertz CT molecular complexity index is 891. The van der Waals surface area contributed by atoms with Crippen molar-refractivity contribution in [1.29, 1.82) is 0 Å². The fourth-order valence-electron chi connectivity index (χ4n) is 2.95. The van der Waals surface area contributed by atoms with Crippen molar-refractivity contribution in [1.82, 2.24) is 9.29 Å². The molecule has 6 nitrogen and oxygen atoms in total. The lowest BCUT2D eigenvalue weighted by Gasteiger charge is -2.27. The van der Waals surface area contributed by atoms with Crippen LogP contribution in [0, 0.1) is 6.92 Å². The van der Waals surface area contributed by atoms with Crippen LogP contribution in [0.15, 0.2) is 35.4 Å². The highest BCUT2D eigenvalue weighted by atomic mass is 32.2. The van der Waals surface area contributed by atoms with Gasteiger partial charge >= 0.3 is 5.97 Å². The number of aryl methyl sites for hydroxylation is 1. The number of pyridine rings is 1. The Kier molecular flexibility index (Phi) is 4.31. The van der Waals surface area contributed by atoms with Crippen LogP contribution in [-0.4, -0.2) is 42.9 Å². The Morgan fingerprint density at radius 3 is 2.67 bits per heavy atom. The number of ether oxygens (including phenoxy) is 1. The third kappa shape index (κ3) is 2.78. The molecule has 2 aromatic rings. The van der Waals surface area contributed by atoms with E-state index in [0.29, 0.717) is 10.9 Å². The monoisotopic (exact) mass is 348 g/mol. The molecule has 0 unspecified atom stereocenters. The van der Waals surface area contributed by atoms with Gasteiger partial charge < -0.3 is 4.74 Å². The van der Waals surface area contributed by atoms with Gasteiger partial charge in [0.25, 0.3) is 0 Å². The van der Waals surface area contributed by atoms with Crippen LogP contribution in [0.3, 0.4) is 0 Å². The van der Waals surface area contributed by atoms with E-state index >= 15 is 0 Å². The van der Waals surface area contributed by atoms with Crippen LogP contribution in [0.2, 0.25) is 0 Å². The Morgan fingerprint density at radius 2 is 2.04 bits per heavy atom.